The van der Waals surface area contributed by atoms with Gasteiger partial charge in [-0.15, -0.1) is 0 Å². The number of hydrogen-bond donors (Lipinski definition) is 2. The Kier molecular flexibility index (Phi) is 5.77. The van der Waals surface area contributed by atoms with Crippen LogP contribution >= 0.6 is 0 Å². The Bertz CT molecular complexity index is 174. The fourth-order valence-electron chi connectivity index (χ4n) is 2.05. The molecule has 0 aromatic carbocycles. The van der Waals surface area contributed by atoms with E-state index in [-0.39, 0.29) is 17.9 Å². The zero-order valence-electron chi connectivity index (χ0n) is 9.55. The van der Waals surface area contributed by atoms with Crippen LogP contribution in [0.15, 0.2) is 0 Å². The van der Waals surface area contributed by atoms with Gasteiger partial charge in [-0.1, -0.05) is 26.7 Å². The molecule has 0 aromatic heterocycles. The third kappa shape index (κ3) is 4.61. The van der Waals surface area contributed by atoms with Crippen LogP contribution in [0.3, 0.4) is 0 Å². The number of carbonyl (C=O) groups is 1. The van der Waals surface area contributed by atoms with Crippen LogP contribution in [-0.2, 0) is 4.79 Å². The summed E-state index contributed by atoms with van der Waals surface area (Å²) in [5.41, 5.74) is 5.92. The summed E-state index contributed by atoms with van der Waals surface area (Å²) in [6.45, 7) is 6.22. The highest BCUT2D eigenvalue weighted by Gasteiger charge is 2.27. The van der Waals surface area contributed by atoms with Gasteiger partial charge >= 0.3 is 5.97 Å². The monoisotopic (exact) mass is 201 g/mol. The van der Waals surface area contributed by atoms with Crippen LogP contribution in [0.25, 0.3) is 0 Å². The van der Waals surface area contributed by atoms with E-state index in [4.69, 9.17) is 10.8 Å². The lowest BCUT2D eigenvalue weighted by Crippen LogP contribution is -2.29. The van der Waals surface area contributed by atoms with Crippen LogP contribution in [0.4, 0.5) is 0 Å². The quantitative estimate of drug-likeness (QED) is 0.664. The molecule has 3 nitrogen and oxygen atoms in total. The van der Waals surface area contributed by atoms with Crippen molar-refractivity contribution < 1.29 is 9.90 Å². The minimum absolute atomic E-state index is 0.132. The lowest BCUT2D eigenvalue weighted by molar-refractivity contribution is -0.137. The maximum atomic E-state index is 10.5. The lowest BCUT2D eigenvalue weighted by atomic mass is 9.74. The molecule has 3 heteroatoms. The SMILES string of the molecule is CCC(CC)(CCC(=O)O)CC(C)N. The molecule has 1 unspecified atom stereocenters. The first-order chi connectivity index (χ1) is 6.45. The fraction of sp³-hybridized carbons (Fsp3) is 0.909. The summed E-state index contributed by atoms with van der Waals surface area (Å²) in [5, 5.41) is 8.67. The average molecular weight is 201 g/mol. The van der Waals surface area contributed by atoms with Crippen molar-refractivity contribution in [3.05, 3.63) is 0 Å². The molecule has 0 rings (SSSR count). The maximum Gasteiger partial charge on any atom is 0.303 e. The Hall–Kier alpha value is -0.570. The molecule has 0 aliphatic rings. The van der Waals surface area contributed by atoms with Crippen LogP contribution in [0.1, 0.15) is 52.9 Å². The molecule has 0 heterocycles. The van der Waals surface area contributed by atoms with Gasteiger partial charge in [0.1, 0.15) is 0 Å². The van der Waals surface area contributed by atoms with Crippen molar-refractivity contribution in [3.8, 4) is 0 Å². The molecule has 0 saturated heterocycles. The molecule has 0 bridgehead atoms. The molecule has 0 saturated carbocycles. The predicted molar refractivity (Wildman–Crippen MR) is 58.2 cm³/mol. The number of carboxylic acid groups (broad SMARTS) is 1. The van der Waals surface area contributed by atoms with Gasteiger partial charge in [-0.3, -0.25) is 4.79 Å². The van der Waals surface area contributed by atoms with Gasteiger partial charge in [-0.05, 0) is 25.2 Å². The number of aliphatic carboxylic acids is 1. The van der Waals surface area contributed by atoms with E-state index in [1.165, 1.54) is 0 Å². The first kappa shape index (κ1) is 13.4. The van der Waals surface area contributed by atoms with E-state index >= 15 is 0 Å². The molecular formula is C11H23NO2. The summed E-state index contributed by atoms with van der Waals surface area (Å²) >= 11 is 0. The van der Waals surface area contributed by atoms with Crippen molar-refractivity contribution in [1.29, 1.82) is 0 Å². The molecule has 3 N–H and O–H groups in total. The topological polar surface area (TPSA) is 63.3 Å². The summed E-state index contributed by atoms with van der Waals surface area (Å²) < 4.78 is 0. The van der Waals surface area contributed by atoms with E-state index < -0.39 is 5.97 Å². The minimum atomic E-state index is -0.707. The van der Waals surface area contributed by atoms with Gasteiger partial charge in [0, 0.05) is 12.5 Å². The zero-order chi connectivity index (χ0) is 11.2. The second-order valence-electron chi connectivity index (χ2n) is 4.28. The third-order valence-corrected chi connectivity index (χ3v) is 3.12. The second kappa shape index (κ2) is 6.02. The second-order valence-corrected chi connectivity index (χ2v) is 4.28. The Balaban J connectivity index is 4.28. The highest BCUT2D eigenvalue weighted by Crippen LogP contribution is 2.36. The Morgan fingerprint density at radius 1 is 1.43 bits per heavy atom. The zero-order valence-corrected chi connectivity index (χ0v) is 9.55. The molecular weight excluding hydrogens is 178 g/mol. The number of carboxylic acids is 1. The molecule has 0 fully saturated rings. The average Bonchev–Trinajstić information content (AvgIpc) is 2.11. The van der Waals surface area contributed by atoms with Crippen LogP contribution in [0, 0.1) is 5.41 Å². The molecule has 0 spiro atoms. The van der Waals surface area contributed by atoms with Gasteiger partial charge in [0.2, 0.25) is 0 Å². The van der Waals surface area contributed by atoms with E-state index in [0.29, 0.717) is 0 Å². The van der Waals surface area contributed by atoms with Crippen molar-refractivity contribution in [2.75, 3.05) is 0 Å². The van der Waals surface area contributed by atoms with Gasteiger partial charge in [0.25, 0.3) is 0 Å². The molecule has 1 atom stereocenters. The van der Waals surface area contributed by atoms with E-state index in [1.54, 1.807) is 0 Å². The van der Waals surface area contributed by atoms with Crippen molar-refractivity contribution in [2.24, 2.45) is 11.1 Å². The summed E-state index contributed by atoms with van der Waals surface area (Å²) in [6, 6.07) is 0.156. The lowest BCUT2D eigenvalue weighted by Gasteiger charge is -2.33. The number of nitrogens with two attached hydrogens (primary N) is 1. The van der Waals surface area contributed by atoms with E-state index in [1.807, 2.05) is 6.92 Å². The van der Waals surface area contributed by atoms with Crippen molar-refractivity contribution in [3.63, 3.8) is 0 Å². The van der Waals surface area contributed by atoms with Crippen LogP contribution in [0.2, 0.25) is 0 Å². The van der Waals surface area contributed by atoms with Gasteiger partial charge < -0.3 is 10.8 Å². The minimum Gasteiger partial charge on any atom is -0.481 e. The summed E-state index contributed by atoms with van der Waals surface area (Å²) in [7, 11) is 0. The third-order valence-electron chi connectivity index (χ3n) is 3.12. The molecule has 0 aliphatic carbocycles. The van der Waals surface area contributed by atoms with Crippen molar-refractivity contribution >= 4 is 5.97 Å². The first-order valence-corrected chi connectivity index (χ1v) is 5.43. The fourth-order valence-corrected chi connectivity index (χ4v) is 2.05. The largest absolute Gasteiger partial charge is 0.481 e. The molecule has 14 heavy (non-hydrogen) atoms. The summed E-state index contributed by atoms with van der Waals surface area (Å²) in [6.07, 6.45) is 3.95. The summed E-state index contributed by atoms with van der Waals surface area (Å²) in [4.78, 5) is 10.5. The molecule has 84 valence electrons. The molecule has 0 amide bonds. The Morgan fingerprint density at radius 2 is 1.93 bits per heavy atom. The smallest absolute Gasteiger partial charge is 0.303 e. The Morgan fingerprint density at radius 3 is 2.21 bits per heavy atom. The van der Waals surface area contributed by atoms with Crippen LogP contribution in [0.5, 0.6) is 0 Å². The molecule has 0 radical (unpaired) electrons. The highest BCUT2D eigenvalue weighted by atomic mass is 16.4. The van der Waals surface area contributed by atoms with Gasteiger partial charge in [0.05, 0.1) is 0 Å². The van der Waals surface area contributed by atoms with Crippen molar-refractivity contribution in [1.82, 2.24) is 0 Å². The number of rotatable bonds is 7. The number of hydrogen-bond acceptors (Lipinski definition) is 2. The molecule has 0 aliphatic heterocycles. The van der Waals surface area contributed by atoms with Crippen LogP contribution in [-0.4, -0.2) is 17.1 Å². The van der Waals surface area contributed by atoms with E-state index in [0.717, 1.165) is 25.7 Å². The maximum absolute atomic E-state index is 10.5. The van der Waals surface area contributed by atoms with Gasteiger partial charge in [-0.2, -0.15) is 0 Å². The van der Waals surface area contributed by atoms with E-state index in [9.17, 15) is 4.79 Å². The van der Waals surface area contributed by atoms with E-state index in [2.05, 4.69) is 13.8 Å². The predicted octanol–water partition coefficient (Wildman–Crippen LogP) is 2.39. The summed E-state index contributed by atoms with van der Waals surface area (Å²) in [5.74, 6) is -0.707. The molecule has 0 aromatic rings. The first-order valence-electron chi connectivity index (χ1n) is 5.43. The van der Waals surface area contributed by atoms with Crippen molar-refractivity contribution in [2.45, 2.75) is 58.9 Å². The normalized spacial score (nSPS) is 14.0. The Labute approximate surface area is 86.7 Å². The van der Waals surface area contributed by atoms with Gasteiger partial charge in [0.15, 0.2) is 0 Å². The van der Waals surface area contributed by atoms with Crippen LogP contribution < -0.4 is 5.73 Å². The van der Waals surface area contributed by atoms with Gasteiger partial charge in [-0.25, -0.2) is 0 Å². The highest BCUT2D eigenvalue weighted by molar-refractivity contribution is 5.66. The standard InChI is InChI=1S/C11H23NO2/c1-4-11(5-2,8-9(3)12)7-6-10(13)14/h9H,4-8,12H2,1-3H3,(H,13,14).